The number of ether oxygens (including phenoxy) is 2. The molecule has 2 heterocycles. The normalized spacial score (nSPS) is 17.5. The van der Waals surface area contributed by atoms with E-state index in [2.05, 4.69) is 45.3 Å². The second-order valence-corrected chi connectivity index (χ2v) is 7.62. The Hall–Kier alpha value is -0.740. The highest BCUT2D eigenvalue weighted by Crippen LogP contribution is 2.40. The van der Waals surface area contributed by atoms with Crippen molar-refractivity contribution in [2.45, 2.75) is 45.7 Å². The highest BCUT2D eigenvalue weighted by molar-refractivity contribution is 14.0. The van der Waals surface area contributed by atoms with Gasteiger partial charge in [-0.05, 0) is 66.4 Å². The Bertz CT molecular complexity index is 636. The van der Waals surface area contributed by atoms with Crippen LogP contribution in [0.2, 0.25) is 0 Å². The van der Waals surface area contributed by atoms with Crippen LogP contribution >= 0.6 is 39.9 Å². The number of aliphatic imine (C=N–C) groups is 1. The molecule has 0 amide bonds. The van der Waals surface area contributed by atoms with Crippen molar-refractivity contribution in [3.05, 3.63) is 22.2 Å². The summed E-state index contributed by atoms with van der Waals surface area (Å²) in [6.45, 7) is 9.61. The molecule has 8 heteroatoms. The minimum absolute atomic E-state index is 0. The van der Waals surface area contributed by atoms with E-state index in [4.69, 9.17) is 14.5 Å². The van der Waals surface area contributed by atoms with Gasteiger partial charge in [0, 0.05) is 25.7 Å². The first-order valence-corrected chi connectivity index (χ1v) is 10.3. The minimum atomic E-state index is 0. The van der Waals surface area contributed by atoms with Crippen molar-refractivity contribution in [3.63, 3.8) is 0 Å². The summed E-state index contributed by atoms with van der Waals surface area (Å²) >= 11 is 3.54. The van der Waals surface area contributed by atoms with Crippen molar-refractivity contribution in [1.29, 1.82) is 0 Å². The SMILES string of the molecule is CCCN1CCC(NC(=NCc2cc(Br)c3c(c2)OCO3)NCC)CC1.I. The second kappa shape index (κ2) is 11.3. The summed E-state index contributed by atoms with van der Waals surface area (Å²) < 4.78 is 11.8. The van der Waals surface area contributed by atoms with E-state index in [-0.39, 0.29) is 30.8 Å². The molecule has 0 aromatic heterocycles. The summed E-state index contributed by atoms with van der Waals surface area (Å²) in [5, 5.41) is 6.96. The fourth-order valence-electron chi connectivity index (χ4n) is 3.41. The summed E-state index contributed by atoms with van der Waals surface area (Å²) in [6.07, 6.45) is 3.56. The standard InChI is InChI=1S/C19H29BrN4O2.HI/c1-3-7-24-8-5-15(6-9-24)23-19(21-4-2)22-12-14-10-16(20)18-17(11-14)25-13-26-18;/h10-11,15H,3-9,12-13H2,1-2H3,(H2,21,22,23);1H. The maximum absolute atomic E-state index is 5.49. The Morgan fingerprint density at radius 1 is 1.26 bits per heavy atom. The molecule has 27 heavy (non-hydrogen) atoms. The maximum atomic E-state index is 5.49. The fraction of sp³-hybridized carbons (Fsp3) is 0.632. The highest BCUT2D eigenvalue weighted by Gasteiger charge is 2.20. The molecule has 6 nitrogen and oxygen atoms in total. The van der Waals surface area contributed by atoms with Crippen LogP contribution < -0.4 is 20.1 Å². The average molecular weight is 553 g/mol. The maximum Gasteiger partial charge on any atom is 0.231 e. The van der Waals surface area contributed by atoms with Crippen LogP contribution in [0.25, 0.3) is 0 Å². The molecule has 0 atom stereocenters. The molecule has 1 fully saturated rings. The van der Waals surface area contributed by atoms with Crippen LogP contribution in [0.3, 0.4) is 0 Å². The van der Waals surface area contributed by atoms with Crippen LogP contribution in [0.1, 0.15) is 38.7 Å². The predicted octanol–water partition coefficient (Wildman–Crippen LogP) is 3.73. The largest absolute Gasteiger partial charge is 0.454 e. The van der Waals surface area contributed by atoms with E-state index < -0.39 is 0 Å². The number of halogens is 2. The Morgan fingerprint density at radius 2 is 2.04 bits per heavy atom. The number of nitrogens with zero attached hydrogens (tertiary/aromatic N) is 2. The van der Waals surface area contributed by atoms with Crippen molar-refractivity contribution < 1.29 is 9.47 Å². The number of nitrogens with one attached hydrogen (secondary N) is 2. The zero-order valence-electron chi connectivity index (χ0n) is 16.1. The van der Waals surface area contributed by atoms with E-state index in [0.717, 1.165) is 34.0 Å². The fourth-order valence-corrected chi connectivity index (χ4v) is 4.02. The first kappa shape index (κ1) is 22.5. The van der Waals surface area contributed by atoms with E-state index in [9.17, 15) is 0 Å². The molecular weight excluding hydrogens is 523 g/mol. The predicted molar refractivity (Wildman–Crippen MR) is 123 cm³/mol. The van der Waals surface area contributed by atoms with E-state index in [1.807, 2.05) is 12.1 Å². The van der Waals surface area contributed by atoms with Gasteiger partial charge in [0.2, 0.25) is 6.79 Å². The van der Waals surface area contributed by atoms with E-state index >= 15 is 0 Å². The lowest BCUT2D eigenvalue weighted by Gasteiger charge is -2.32. The summed E-state index contributed by atoms with van der Waals surface area (Å²) in [5.74, 6) is 2.45. The summed E-state index contributed by atoms with van der Waals surface area (Å²) in [4.78, 5) is 7.31. The molecule has 1 saturated heterocycles. The van der Waals surface area contributed by atoms with E-state index in [1.54, 1.807) is 0 Å². The molecule has 0 spiro atoms. The van der Waals surface area contributed by atoms with Gasteiger partial charge in [0.05, 0.1) is 11.0 Å². The van der Waals surface area contributed by atoms with Crippen molar-refractivity contribution in [1.82, 2.24) is 15.5 Å². The molecule has 0 saturated carbocycles. The third-order valence-corrected chi connectivity index (χ3v) is 5.31. The zero-order chi connectivity index (χ0) is 18.4. The lowest BCUT2D eigenvalue weighted by Crippen LogP contribution is -2.48. The molecule has 1 aromatic rings. The van der Waals surface area contributed by atoms with Gasteiger partial charge in [0.15, 0.2) is 17.5 Å². The number of benzene rings is 1. The molecule has 0 radical (unpaired) electrons. The second-order valence-electron chi connectivity index (χ2n) is 6.77. The summed E-state index contributed by atoms with van der Waals surface area (Å²) in [7, 11) is 0. The van der Waals surface area contributed by atoms with Gasteiger partial charge in [-0.3, -0.25) is 0 Å². The number of piperidine rings is 1. The monoisotopic (exact) mass is 552 g/mol. The Labute approximate surface area is 187 Å². The van der Waals surface area contributed by atoms with Gasteiger partial charge >= 0.3 is 0 Å². The molecule has 0 unspecified atom stereocenters. The Balaban J connectivity index is 0.00000261. The number of likely N-dealkylation sites (tertiary alicyclic amines) is 1. The number of hydrogen-bond acceptors (Lipinski definition) is 4. The van der Waals surface area contributed by atoms with E-state index in [1.165, 1.54) is 38.9 Å². The van der Waals surface area contributed by atoms with Gasteiger partial charge in [0.25, 0.3) is 0 Å². The average Bonchev–Trinajstić information content (AvgIpc) is 3.11. The van der Waals surface area contributed by atoms with Gasteiger partial charge < -0.3 is 25.0 Å². The van der Waals surface area contributed by atoms with E-state index in [0.29, 0.717) is 12.6 Å². The lowest BCUT2D eigenvalue weighted by atomic mass is 10.1. The van der Waals surface area contributed by atoms with Gasteiger partial charge in [-0.1, -0.05) is 6.92 Å². The summed E-state index contributed by atoms with van der Waals surface area (Å²) in [6, 6.07) is 4.54. The molecule has 2 N–H and O–H groups in total. The smallest absolute Gasteiger partial charge is 0.231 e. The van der Waals surface area contributed by atoms with Crippen LogP contribution in [0.5, 0.6) is 11.5 Å². The van der Waals surface area contributed by atoms with Gasteiger partial charge in [0.1, 0.15) is 0 Å². The van der Waals surface area contributed by atoms with Crippen LogP contribution in [0.15, 0.2) is 21.6 Å². The number of fused-ring (bicyclic) bond motifs is 1. The van der Waals surface area contributed by atoms with Crippen LogP contribution in [0, 0.1) is 0 Å². The van der Waals surface area contributed by atoms with Crippen molar-refractivity contribution >= 4 is 45.9 Å². The van der Waals surface area contributed by atoms with Crippen LogP contribution in [-0.2, 0) is 6.54 Å². The molecule has 0 aliphatic carbocycles. The van der Waals surface area contributed by atoms with Gasteiger partial charge in [-0.25, -0.2) is 4.99 Å². The molecular formula is C19H30BrIN4O2. The molecule has 3 rings (SSSR count). The molecule has 1 aromatic carbocycles. The molecule has 2 aliphatic rings. The number of guanidine groups is 1. The van der Waals surface area contributed by atoms with Crippen LogP contribution in [0.4, 0.5) is 0 Å². The van der Waals surface area contributed by atoms with Crippen molar-refractivity contribution in [2.24, 2.45) is 4.99 Å². The molecule has 0 bridgehead atoms. The molecule has 152 valence electrons. The van der Waals surface area contributed by atoms with Crippen molar-refractivity contribution in [2.75, 3.05) is 33.0 Å². The molecule has 2 aliphatic heterocycles. The topological polar surface area (TPSA) is 58.1 Å². The Kier molecular flexibility index (Phi) is 9.44. The quantitative estimate of drug-likeness (QED) is 0.320. The first-order chi connectivity index (χ1) is 12.7. The number of rotatable bonds is 6. The third-order valence-electron chi connectivity index (χ3n) is 4.72. The van der Waals surface area contributed by atoms with Crippen molar-refractivity contribution in [3.8, 4) is 11.5 Å². The zero-order valence-corrected chi connectivity index (χ0v) is 20.0. The highest BCUT2D eigenvalue weighted by atomic mass is 127. The van der Waals surface area contributed by atoms with Crippen LogP contribution in [-0.4, -0.2) is 49.9 Å². The lowest BCUT2D eigenvalue weighted by molar-refractivity contribution is 0.173. The summed E-state index contributed by atoms with van der Waals surface area (Å²) in [5.41, 5.74) is 1.09. The first-order valence-electron chi connectivity index (χ1n) is 9.54. The minimum Gasteiger partial charge on any atom is -0.454 e. The van der Waals surface area contributed by atoms with Gasteiger partial charge in [-0.2, -0.15) is 0 Å². The van der Waals surface area contributed by atoms with Gasteiger partial charge in [-0.15, -0.1) is 24.0 Å². The Morgan fingerprint density at radius 3 is 2.74 bits per heavy atom. The number of hydrogen-bond donors (Lipinski definition) is 2. The third kappa shape index (κ3) is 6.39.